The molecule has 0 unspecified atom stereocenters. The molecular formula is C31H33F3. The van der Waals surface area contributed by atoms with Crippen LogP contribution in [-0.2, 0) is 6.42 Å². The molecule has 0 amide bonds. The molecule has 34 heavy (non-hydrogen) atoms. The number of benzene rings is 3. The summed E-state index contributed by atoms with van der Waals surface area (Å²) in [4.78, 5) is 0. The van der Waals surface area contributed by atoms with Gasteiger partial charge in [-0.05, 0) is 72.3 Å². The summed E-state index contributed by atoms with van der Waals surface area (Å²) in [5.41, 5.74) is 3.90. The average Bonchev–Trinajstić information content (AvgIpc) is 2.86. The van der Waals surface area contributed by atoms with Crippen LogP contribution < -0.4 is 0 Å². The van der Waals surface area contributed by atoms with Crippen molar-refractivity contribution < 1.29 is 13.2 Å². The Kier molecular flexibility index (Phi) is 7.92. The van der Waals surface area contributed by atoms with Crippen LogP contribution in [0.15, 0.2) is 54.6 Å². The monoisotopic (exact) mass is 462 g/mol. The van der Waals surface area contributed by atoms with Crippen molar-refractivity contribution in [3.63, 3.8) is 0 Å². The van der Waals surface area contributed by atoms with E-state index in [0.29, 0.717) is 11.1 Å². The van der Waals surface area contributed by atoms with Gasteiger partial charge in [-0.25, -0.2) is 13.2 Å². The lowest BCUT2D eigenvalue weighted by Gasteiger charge is -2.29. The molecule has 0 aromatic heterocycles. The highest BCUT2D eigenvalue weighted by atomic mass is 19.2. The molecule has 1 aliphatic rings. The molecule has 1 aliphatic carbocycles. The number of hydrogen-bond donors (Lipinski definition) is 0. The van der Waals surface area contributed by atoms with E-state index in [4.69, 9.17) is 0 Å². The summed E-state index contributed by atoms with van der Waals surface area (Å²) in [5, 5.41) is 0. The highest BCUT2D eigenvalue weighted by molar-refractivity contribution is 5.72. The normalized spacial score (nSPS) is 18.5. The lowest BCUT2D eigenvalue weighted by atomic mass is 9.77. The summed E-state index contributed by atoms with van der Waals surface area (Å²) in [6, 6.07) is 16.2. The minimum atomic E-state index is -0.779. The van der Waals surface area contributed by atoms with E-state index in [1.165, 1.54) is 12.8 Å². The first kappa shape index (κ1) is 24.3. The van der Waals surface area contributed by atoms with Gasteiger partial charge in [-0.1, -0.05) is 87.4 Å². The van der Waals surface area contributed by atoms with E-state index < -0.39 is 11.6 Å². The second-order valence-corrected chi connectivity index (χ2v) is 9.50. The SMILES string of the molecule is CCCC1CCC(c2ccc(C=Cc3ccc(-c4ccc(CC)cc4F)cc3)c(F)c2F)CC1. The van der Waals surface area contributed by atoms with Gasteiger partial charge < -0.3 is 0 Å². The van der Waals surface area contributed by atoms with Crippen molar-refractivity contribution in [3.05, 3.63) is 94.3 Å². The maximum atomic E-state index is 14.9. The molecule has 0 spiro atoms. The van der Waals surface area contributed by atoms with Crippen LogP contribution in [0.5, 0.6) is 0 Å². The van der Waals surface area contributed by atoms with Gasteiger partial charge in [-0.15, -0.1) is 0 Å². The third kappa shape index (κ3) is 5.46. The van der Waals surface area contributed by atoms with Gasteiger partial charge in [0.05, 0.1) is 0 Å². The molecule has 0 nitrogen and oxygen atoms in total. The molecule has 3 aromatic rings. The molecular weight excluding hydrogens is 429 g/mol. The number of rotatable bonds is 7. The second kappa shape index (κ2) is 11.1. The standard InChI is InChI=1S/C31H33F3/c1-3-5-22-6-14-25(15-7-22)28-19-17-26(30(33)31(28)34)16-10-23-8-12-24(13-9-23)27-18-11-21(4-2)20-29(27)32/h8-13,16-20,22,25H,3-7,14-15H2,1-2H3. The molecule has 3 heteroatoms. The summed E-state index contributed by atoms with van der Waals surface area (Å²) in [6.45, 7) is 4.20. The van der Waals surface area contributed by atoms with Crippen molar-refractivity contribution in [2.24, 2.45) is 5.92 Å². The Labute approximate surface area is 201 Å². The molecule has 0 bridgehead atoms. The van der Waals surface area contributed by atoms with Gasteiger partial charge in [-0.2, -0.15) is 0 Å². The van der Waals surface area contributed by atoms with Gasteiger partial charge in [-0.3, -0.25) is 0 Å². The van der Waals surface area contributed by atoms with Crippen molar-refractivity contribution in [2.45, 2.75) is 64.7 Å². The maximum Gasteiger partial charge on any atom is 0.166 e. The minimum Gasteiger partial charge on any atom is -0.206 e. The van der Waals surface area contributed by atoms with Crippen molar-refractivity contribution in [3.8, 4) is 11.1 Å². The molecule has 0 N–H and O–H groups in total. The minimum absolute atomic E-state index is 0.111. The van der Waals surface area contributed by atoms with Crippen LogP contribution in [0.4, 0.5) is 13.2 Å². The van der Waals surface area contributed by atoms with Crippen LogP contribution in [0.1, 0.15) is 80.5 Å². The second-order valence-electron chi connectivity index (χ2n) is 9.50. The summed E-state index contributed by atoms with van der Waals surface area (Å²) >= 11 is 0. The predicted molar refractivity (Wildman–Crippen MR) is 136 cm³/mol. The van der Waals surface area contributed by atoms with Crippen molar-refractivity contribution >= 4 is 12.2 Å². The van der Waals surface area contributed by atoms with Gasteiger partial charge in [0.1, 0.15) is 5.82 Å². The van der Waals surface area contributed by atoms with Crippen LogP contribution in [0.25, 0.3) is 23.3 Å². The van der Waals surface area contributed by atoms with E-state index in [-0.39, 0.29) is 17.3 Å². The highest BCUT2D eigenvalue weighted by Crippen LogP contribution is 2.39. The number of aryl methyl sites for hydroxylation is 1. The van der Waals surface area contributed by atoms with Crippen LogP contribution in [0.3, 0.4) is 0 Å². The van der Waals surface area contributed by atoms with E-state index in [2.05, 4.69) is 6.92 Å². The largest absolute Gasteiger partial charge is 0.206 e. The van der Waals surface area contributed by atoms with E-state index in [9.17, 15) is 13.2 Å². The van der Waals surface area contributed by atoms with Crippen LogP contribution >= 0.6 is 0 Å². The van der Waals surface area contributed by atoms with Gasteiger partial charge in [0, 0.05) is 11.1 Å². The summed E-state index contributed by atoms with van der Waals surface area (Å²) in [6.07, 6.45) is 10.6. The smallest absolute Gasteiger partial charge is 0.166 e. The summed E-state index contributed by atoms with van der Waals surface area (Å²) < 4.78 is 44.2. The van der Waals surface area contributed by atoms with Gasteiger partial charge in [0.25, 0.3) is 0 Å². The highest BCUT2D eigenvalue weighted by Gasteiger charge is 2.25. The van der Waals surface area contributed by atoms with Gasteiger partial charge >= 0.3 is 0 Å². The molecule has 178 valence electrons. The lowest BCUT2D eigenvalue weighted by molar-refractivity contribution is 0.303. The molecule has 0 heterocycles. The molecule has 4 rings (SSSR count). The Morgan fingerprint density at radius 3 is 2.18 bits per heavy atom. The maximum absolute atomic E-state index is 14.9. The third-order valence-electron chi connectivity index (χ3n) is 7.24. The van der Waals surface area contributed by atoms with Gasteiger partial charge in [0.15, 0.2) is 11.6 Å². The molecule has 0 radical (unpaired) electrons. The molecule has 1 saturated carbocycles. The Hall–Kier alpha value is -2.81. The zero-order chi connectivity index (χ0) is 24.1. The van der Waals surface area contributed by atoms with Gasteiger partial charge in [0.2, 0.25) is 0 Å². The topological polar surface area (TPSA) is 0 Å². The quantitative estimate of drug-likeness (QED) is 0.307. The number of halogens is 3. The zero-order valence-electron chi connectivity index (χ0n) is 20.1. The molecule has 1 fully saturated rings. The van der Waals surface area contributed by atoms with E-state index in [1.54, 1.807) is 36.4 Å². The Morgan fingerprint density at radius 2 is 1.53 bits per heavy atom. The first-order chi connectivity index (χ1) is 16.5. The van der Waals surface area contributed by atoms with Crippen molar-refractivity contribution in [1.82, 2.24) is 0 Å². The van der Waals surface area contributed by atoms with Crippen molar-refractivity contribution in [1.29, 1.82) is 0 Å². The van der Waals surface area contributed by atoms with E-state index in [0.717, 1.165) is 54.7 Å². The first-order valence-corrected chi connectivity index (χ1v) is 12.5. The summed E-state index contributed by atoms with van der Waals surface area (Å²) in [5.74, 6) is -0.879. The van der Waals surface area contributed by atoms with E-state index in [1.807, 2.05) is 37.3 Å². The van der Waals surface area contributed by atoms with Crippen LogP contribution in [0.2, 0.25) is 0 Å². The first-order valence-electron chi connectivity index (χ1n) is 12.5. The van der Waals surface area contributed by atoms with Crippen LogP contribution in [0, 0.1) is 23.4 Å². The fraction of sp³-hybridized carbons (Fsp3) is 0.355. The number of hydrogen-bond acceptors (Lipinski definition) is 0. The zero-order valence-corrected chi connectivity index (χ0v) is 20.1. The fourth-order valence-corrected chi connectivity index (χ4v) is 5.17. The Morgan fingerprint density at radius 1 is 0.794 bits per heavy atom. The fourth-order valence-electron chi connectivity index (χ4n) is 5.17. The predicted octanol–water partition coefficient (Wildman–Crippen LogP) is 9.58. The lowest BCUT2D eigenvalue weighted by Crippen LogP contribution is -2.15. The van der Waals surface area contributed by atoms with E-state index >= 15 is 0 Å². The average molecular weight is 463 g/mol. The molecule has 0 saturated heterocycles. The third-order valence-corrected chi connectivity index (χ3v) is 7.24. The molecule has 0 aliphatic heterocycles. The van der Waals surface area contributed by atoms with Crippen molar-refractivity contribution in [2.75, 3.05) is 0 Å². The Balaban J connectivity index is 1.46. The molecule has 0 atom stereocenters. The molecule has 3 aromatic carbocycles. The summed E-state index contributed by atoms with van der Waals surface area (Å²) in [7, 11) is 0. The van der Waals surface area contributed by atoms with Crippen LogP contribution in [-0.4, -0.2) is 0 Å². The Bertz CT molecular complexity index is 1140.